The molecular weight excluding hydrogens is 328 g/mol. The summed E-state index contributed by atoms with van der Waals surface area (Å²) in [7, 11) is 0. The zero-order chi connectivity index (χ0) is 17.8. The molecule has 0 radical (unpaired) electrons. The second-order valence-electron chi connectivity index (χ2n) is 6.74. The average molecular weight is 352 g/mol. The molecule has 2 aromatic rings. The van der Waals surface area contributed by atoms with Crippen LogP contribution in [0, 0.1) is 0 Å². The van der Waals surface area contributed by atoms with Crippen LogP contribution in [0.5, 0.6) is 5.75 Å². The summed E-state index contributed by atoms with van der Waals surface area (Å²) in [5.41, 5.74) is 3.33. The lowest BCUT2D eigenvalue weighted by molar-refractivity contribution is -0.134. The number of hydrogen-bond acceptors (Lipinski definition) is 4. The highest BCUT2D eigenvalue weighted by molar-refractivity contribution is 5.82. The van der Waals surface area contributed by atoms with Crippen molar-refractivity contribution in [3.05, 3.63) is 65.2 Å². The highest BCUT2D eigenvalue weighted by Gasteiger charge is 2.26. The number of aryl methyl sites for hydroxylation is 1. The summed E-state index contributed by atoms with van der Waals surface area (Å²) >= 11 is 0. The summed E-state index contributed by atoms with van der Waals surface area (Å²) in [5, 5.41) is 6.39. The van der Waals surface area contributed by atoms with Crippen LogP contribution < -0.4 is 15.4 Å². The van der Waals surface area contributed by atoms with E-state index in [1.807, 2.05) is 42.5 Å². The van der Waals surface area contributed by atoms with Crippen molar-refractivity contribution < 1.29 is 14.3 Å². The van der Waals surface area contributed by atoms with Crippen molar-refractivity contribution >= 4 is 5.91 Å². The average Bonchev–Trinajstić information content (AvgIpc) is 2.73. The van der Waals surface area contributed by atoms with E-state index in [1.54, 1.807) is 0 Å². The van der Waals surface area contributed by atoms with Crippen molar-refractivity contribution in [2.24, 2.45) is 0 Å². The van der Waals surface area contributed by atoms with E-state index in [4.69, 9.17) is 9.47 Å². The normalized spacial score (nSPS) is 20.5. The van der Waals surface area contributed by atoms with Gasteiger partial charge >= 0.3 is 0 Å². The standard InChI is InChI=1S/C21H24N2O3/c24-21(19-14-22-10-12-26-19)23-20(15-5-2-1-3-6-15)17-8-9-18-16(13-17)7-4-11-25-18/h1-3,5-6,8-9,13,19-20,22H,4,7,10-12,14H2,(H,23,24). The third kappa shape index (κ3) is 3.74. The molecule has 2 atom stereocenters. The number of hydrogen-bond donors (Lipinski definition) is 2. The van der Waals surface area contributed by atoms with Crippen molar-refractivity contribution in [2.75, 3.05) is 26.3 Å². The number of benzene rings is 2. The van der Waals surface area contributed by atoms with Crippen molar-refractivity contribution in [1.29, 1.82) is 0 Å². The van der Waals surface area contributed by atoms with Crippen LogP contribution in [0.25, 0.3) is 0 Å². The first kappa shape index (κ1) is 17.1. The Morgan fingerprint density at radius 1 is 1.12 bits per heavy atom. The van der Waals surface area contributed by atoms with Crippen LogP contribution >= 0.6 is 0 Å². The first-order valence-corrected chi connectivity index (χ1v) is 9.24. The van der Waals surface area contributed by atoms with E-state index in [0.717, 1.165) is 42.9 Å². The van der Waals surface area contributed by atoms with E-state index in [2.05, 4.69) is 16.7 Å². The zero-order valence-corrected chi connectivity index (χ0v) is 14.7. The predicted octanol–water partition coefficient (Wildman–Crippen LogP) is 2.21. The Balaban J connectivity index is 1.62. The minimum absolute atomic E-state index is 0.0833. The summed E-state index contributed by atoms with van der Waals surface area (Å²) in [5.74, 6) is 0.873. The SMILES string of the molecule is O=C(NC(c1ccccc1)c1ccc2c(c1)CCCO2)C1CNCCO1. The Hall–Kier alpha value is -2.37. The van der Waals surface area contributed by atoms with Gasteiger partial charge in [0.05, 0.1) is 19.3 Å². The molecule has 5 nitrogen and oxygen atoms in total. The molecular formula is C21H24N2O3. The van der Waals surface area contributed by atoms with E-state index in [9.17, 15) is 4.79 Å². The summed E-state index contributed by atoms with van der Waals surface area (Å²) < 4.78 is 11.3. The Labute approximate surface area is 153 Å². The molecule has 2 heterocycles. The van der Waals surface area contributed by atoms with Crippen molar-refractivity contribution in [2.45, 2.75) is 25.0 Å². The predicted molar refractivity (Wildman–Crippen MR) is 99.3 cm³/mol. The number of fused-ring (bicyclic) bond motifs is 1. The smallest absolute Gasteiger partial charge is 0.251 e. The molecule has 0 spiro atoms. The molecule has 4 rings (SSSR count). The van der Waals surface area contributed by atoms with E-state index >= 15 is 0 Å². The maximum absolute atomic E-state index is 12.7. The summed E-state index contributed by atoms with van der Waals surface area (Å²) in [6.45, 7) is 2.67. The van der Waals surface area contributed by atoms with Gasteiger partial charge < -0.3 is 20.1 Å². The molecule has 2 unspecified atom stereocenters. The summed E-state index contributed by atoms with van der Waals surface area (Å²) in [6.07, 6.45) is 1.59. The Kier molecular flexibility index (Phi) is 5.18. The van der Waals surface area contributed by atoms with Crippen LogP contribution in [-0.4, -0.2) is 38.3 Å². The number of rotatable bonds is 4. The first-order chi connectivity index (χ1) is 12.8. The van der Waals surface area contributed by atoms with Gasteiger partial charge in [-0.2, -0.15) is 0 Å². The fourth-order valence-electron chi connectivity index (χ4n) is 3.53. The van der Waals surface area contributed by atoms with Gasteiger partial charge in [0.1, 0.15) is 11.9 Å². The molecule has 2 aromatic carbocycles. The molecule has 5 heteroatoms. The molecule has 0 aromatic heterocycles. The van der Waals surface area contributed by atoms with Crippen molar-refractivity contribution in [1.82, 2.24) is 10.6 Å². The van der Waals surface area contributed by atoms with Crippen LogP contribution in [0.2, 0.25) is 0 Å². The second-order valence-corrected chi connectivity index (χ2v) is 6.74. The van der Waals surface area contributed by atoms with Gasteiger partial charge in [0.25, 0.3) is 5.91 Å². The fourth-order valence-corrected chi connectivity index (χ4v) is 3.53. The molecule has 0 saturated carbocycles. The van der Waals surface area contributed by atoms with Gasteiger partial charge in [-0.15, -0.1) is 0 Å². The Bertz CT molecular complexity index is 757. The largest absolute Gasteiger partial charge is 0.493 e. The van der Waals surface area contributed by atoms with Crippen LogP contribution in [-0.2, 0) is 16.0 Å². The Morgan fingerprint density at radius 2 is 2.00 bits per heavy atom. The van der Waals surface area contributed by atoms with E-state index in [0.29, 0.717) is 13.2 Å². The first-order valence-electron chi connectivity index (χ1n) is 9.24. The van der Waals surface area contributed by atoms with E-state index in [1.165, 1.54) is 5.56 Å². The molecule has 2 aliphatic rings. The van der Waals surface area contributed by atoms with E-state index in [-0.39, 0.29) is 11.9 Å². The van der Waals surface area contributed by atoms with Gasteiger partial charge in [-0.25, -0.2) is 0 Å². The van der Waals surface area contributed by atoms with Crippen LogP contribution in [0.3, 0.4) is 0 Å². The lowest BCUT2D eigenvalue weighted by Crippen LogP contribution is -2.48. The van der Waals surface area contributed by atoms with Gasteiger partial charge in [0, 0.05) is 13.1 Å². The summed E-state index contributed by atoms with van der Waals surface area (Å²) in [6, 6.07) is 16.1. The second kappa shape index (κ2) is 7.89. The molecule has 136 valence electrons. The molecule has 26 heavy (non-hydrogen) atoms. The van der Waals surface area contributed by atoms with Gasteiger partial charge in [-0.3, -0.25) is 4.79 Å². The van der Waals surface area contributed by atoms with Crippen LogP contribution in [0.15, 0.2) is 48.5 Å². The minimum Gasteiger partial charge on any atom is -0.493 e. The maximum Gasteiger partial charge on any atom is 0.251 e. The Morgan fingerprint density at radius 3 is 2.81 bits per heavy atom. The lowest BCUT2D eigenvalue weighted by atomic mass is 9.94. The van der Waals surface area contributed by atoms with Gasteiger partial charge in [-0.1, -0.05) is 36.4 Å². The number of morpholine rings is 1. The van der Waals surface area contributed by atoms with Gasteiger partial charge in [-0.05, 0) is 41.7 Å². The highest BCUT2D eigenvalue weighted by atomic mass is 16.5. The number of amides is 1. The van der Waals surface area contributed by atoms with Crippen LogP contribution in [0.1, 0.15) is 29.2 Å². The molecule has 2 N–H and O–H groups in total. The molecule has 0 bridgehead atoms. The number of carbonyl (C=O) groups is 1. The van der Waals surface area contributed by atoms with E-state index < -0.39 is 6.10 Å². The van der Waals surface area contributed by atoms with Gasteiger partial charge in [0.2, 0.25) is 0 Å². The minimum atomic E-state index is -0.448. The monoisotopic (exact) mass is 352 g/mol. The number of ether oxygens (including phenoxy) is 2. The topological polar surface area (TPSA) is 59.6 Å². The van der Waals surface area contributed by atoms with Gasteiger partial charge in [0.15, 0.2) is 0 Å². The highest BCUT2D eigenvalue weighted by Crippen LogP contribution is 2.30. The maximum atomic E-state index is 12.7. The zero-order valence-electron chi connectivity index (χ0n) is 14.7. The quantitative estimate of drug-likeness (QED) is 0.886. The lowest BCUT2D eigenvalue weighted by Gasteiger charge is -2.27. The van der Waals surface area contributed by atoms with Crippen LogP contribution in [0.4, 0.5) is 0 Å². The van der Waals surface area contributed by atoms with Crippen molar-refractivity contribution in [3.8, 4) is 5.75 Å². The molecule has 0 aliphatic carbocycles. The third-order valence-corrected chi connectivity index (χ3v) is 4.91. The molecule has 1 amide bonds. The fraction of sp³-hybridized carbons (Fsp3) is 0.381. The number of carbonyl (C=O) groups excluding carboxylic acids is 1. The molecule has 1 fully saturated rings. The molecule has 2 aliphatic heterocycles. The third-order valence-electron chi connectivity index (χ3n) is 4.91. The van der Waals surface area contributed by atoms with Crippen molar-refractivity contribution in [3.63, 3.8) is 0 Å². The summed E-state index contributed by atoms with van der Waals surface area (Å²) in [4.78, 5) is 12.7. The number of nitrogens with one attached hydrogen (secondary N) is 2. The molecule has 1 saturated heterocycles.